The fourth-order valence-corrected chi connectivity index (χ4v) is 6.67. The quantitative estimate of drug-likeness (QED) is 0.432. The number of nitrogens with zero attached hydrogens (tertiary/aromatic N) is 1. The van der Waals surface area contributed by atoms with Gasteiger partial charge in [0.2, 0.25) is 8.32 Å². The first kappa shape index (κ1) is 20.4. The van der Waals surface area contributed by atoms with Crippen molar-refractivity contribution in [1.29, 1.82) is 0 Å². The van der Waals surface area contributed by atoms with Crippen LogP contribution in [0.15, 0.2) is 84.9 Å². The van der Waals surface area contributed by atoms with Gasteiger partial charge >= 0.3 is 0 Å². The van der Waals surface area contributed by atoms with E-state index in [0.717, 1.165) is 17.0 Å². The van der Waals surface area contributed by atoms with E-state index in [1.165, 1.54) is 5.19 Å². The lowest BCUT2D eigenvalue weighted by molar-refractivity contribution is -0.148. The largest absolute Gasteiger partial charge is 0.497 e. The van der Waals surface area contributed by atoms with Gasteiger partial charge in [-0.3, -0.25) is 9.69 Å². The van der Waals surface area contributed by atoms with Gasteiger partial charge in [0, 0.05) is 5.69 Å². The Kier molecular flexibility index (Phi) is 5.26. The Morgan fingerprint density at radius 2 is 1.43 bits per heavy atom. The molecule has 0 radical (unpaired) electrons. The molecule has 3 aromatic carbocycles. The Morgan fingerprint density at radius 1 is 0.867 bits per heavy atom. The van der Waals surface area contributed by atoms with Crippen molar-refractivity contribution in [2.45, 2.75) is 31.7 Å². The summed E-state index contributed by atoms with van der Waals surface area (Å²) in [6, 6.07) is 27.8. The van der Waals surface area contributed by atoms with Gasteiger partial charge in [0.1, 0.15) is 5.75 Å². The number of β-lactam (4-membered cyclic amide) rings is 1. The van der Waals surface area contributed by atoms with Crippen LogP contribution in [0.4, 0.5) is 5.69 Å². The Hall–Kier alpha value is -2.89. The van der Waals surface area contributed by atoms with Crippen LogP contribution in [0.25, 0.3) is 0 Å². The van der Waals surface area contributed by atoms with Crippen molar-refractivity contribution in [1.82, 2.24) is 0 Å². The van der Waals surface area contributed by atoms with E-state index in [9.17, 15) is 4.79 Å². The van der Waals surface area contributed by atoms with Crippen molar-refractivity contribution < 1.29 is 14.0 Å². The molecule has 4 nitrogen and oxygen atoms in total. The predicted octanol–water partition coefficient (Wildman–Crippen LogP) is 4.67. The normalized spacial score (nSPS) is 21.3. The third kappa shape index (κ3) is 3.44. The molecule has 0 unspecified atom stereocenters. The number of methoxy groups -OCH3 is 1. The molecule has 1 aliphatic heterocycles. The van der Waals surface area contributed by atoms with Gasteiger partial charge in [-0.2, -0.15) is 0 Å². The van der Waals surface area contributed by atoms with Gasteiger partial charge < -0.3 is 9.16 Å². The number of rotatable bonds is 6. The van der Waals surface area contributed by atoms with Crippen LogP contribution < -0.4 is 14.8 Å². The van der Waals surface area contributed by atoms with Crippen LogP contribution in [-0.2, 0) is 9.22 Å². The monoisotopic (exact) mass is 417 g/mol. The number of anilines is 1. The fraction of sp³-hybridized carbons (Fsp3) is 0.240. The van der Waals surface area contributed by atoms with Gasteiger partial charge in [-0.25, -0.2) is 0 Å². The molecule has 2 atom stereocenters. The number of hydrogen-bond donors (Lipinski definition) is 0. The number of carbonyl (C=O) groups is 1. The van der Waals surface area contributed by atoms with Gasteiger partial charge in [-0.05, 0) is 55.0 Å². The molecule has 0 N–H and O–H groups in total. The van der Waals surface area contributed by atoms with Crippen LogP contribution in [0.2, 0.25) is 13.1 Å². The molecule has 1 aliphatic rings. The van der Waals surface area contributed by atoms with Gasteiger partial charge in [0.15, 0.2) is 5.60 Å². The molecule has 1 fully saturated rings. The average molecular weight is 418 g/mol. The van der Waals surface area contributed by atoms with E-state index in [-0.39, 0.29) is 11.9 Å². The summed E-state index contributed by atoms with van der Waals surface area (Å²) < 4.78 is 12.0. The SMILES string of the molecule is COc1ccc(N2C(=O)[C@](C)(O[Si](C)(C)c3ccccc3)[C@@H]2c2ccccc2)cc1. The summed E-state index contributed by atoms with van der Waals surface area (Å²) in [5, 5.41) is 1.17. The molecule has 1 amide bonds. The van der Waals surface area contributed by atoms with Gasteiger partial charge in [-0.1, -0.05) is 60.7 Å². The highest BCUT2D eigenvalue weighted by Gasteiger charge is 2.61. The zero-order valence-corrected chi connectivity index (χ0v) is 18.8. The molecule has 5 heteroatoms. The van der Waals surface area contributed by atoms with Gasteiger partial charge in [-0.15, -0.1) is 0 Å². The molecule has 30 heavy (non-hydrogen) atoms. The van der Waals surface area contributed by atoms with Crippen LogP contribution in [0.1, 0.15) is 18.5 Å². The Balaban J connectivity index is 1.72. The zero-order valence-electron chi connectivity index (χ0n) is 17.8. The molecule has 1 saturated heterocycles. The van der Waals surface area contributed by atoms with Gasteiger partial charge in [0.25, 0.3) is 5.91 Å². The second kappa shape index (κ2) is 7.74. The summed E-state index contributed by atoms with van der Waals surface area (Å²) in [4.78, 5) is 15.4. The van der Waals surface area contributed by atoms with Crippen molar-refractivity contribution in [2.75, 3.05) is 12.0 Å². The van der Waals surface area contributed by atoms with E-state index < -0.39 is 13.9 Å². The van der Waals surface area contributed by atoms with E-state index in [0.29, 0.717) is 0 Å². The number of carbonyl (C=O) groups excluding carboxylic acids is 1. The third-order valence-corrected chi connectivity index (χ3v) is 8.48. The minimum Gasteiger partial charge on any atom is -0.497 e. The molecule has 154 valence electrons. The van der Waals surface area contributed by atoms with Crippen LogP contribution >= 0.6 is 0 Å². The van der Waals surface area contributed by atoms with Crippen molar-refractivity contribution in [2.24, 2.45) is 0 Å². The minimum atomic E-state index is -2.31. The van der Waals surface area contributed by atoms with E-state index >= 15 is 0 Å². The van der Waals surface area contributed by atoms with Crippen LogP contribution in [0, 0.1) is 0 Å². The van der Waals surface area contributed by atoms with Crippen LogP contribution in [0.3, 0.4) is 0 Å². The maximum Gasteiger partial charge on any atom is 0.261 e. The highest BCUT2D eigenvalue weighted by atomic mass is 28.4. The molecule has 4 rings (SSSR count). The predicted molar refractivity (Wildman–Crippen MR) is 123 cm³/mol. The first-order valence-electron chi connectivity index (χ1n) is 10.2. The first-order valence-corrected chi connectivity index (χ1v) is 13.1. The molecular weight excluding hydrogens is 390 g/mol. The molecule has 0 aliphatic carbocycles. The Morgan fingerprint density at radius 3 is 2.00 bits per heavy atom. The standard InChI is InChI=1S/C25H27NO3Si/c1-25(29-30(3,4)22-13-9-6-10-14-22)23(19-11-7-5-8-12-19)26(24(25)27)20-15-17-21(28-2)18-16-20/h5-18,23H,1-4H3/t23-,25+/m0/s1. The number of amides is 1. The lowest BCUT2D eigenvalue weighted by Crippen LogP contribution is -2.72. The summed E-state index contributed by atoms with van der Waals surface area (Å²) >= 11 is 0. The smallest absolute Gasteiger partial charge is 0.261 e. The zero-order chi connectivity index (χ0) is 21.4. The molecule has 0 bridgehead atoms. The van der Waals surface area contributed by atoms with Crippen LogP contribution in [-0.4, -0.2) is 26.9 Å². The Bertz CT molecular complexity index is 1020. The molecule has 1 heterocycles. The number of hydrogen-bond acceptors (Lipinski definition) is 3. The highest BCUT2D eigenvalue weighted by molar-refractivity contribution is 6.84. The van der Waals surface area contributed by atoms with Crippen molar-refractivity contribution in [3.05, 3.63) is 90.5 Å². The maximum atomic E-state index is 13.5. The molecule has 0 spiro atoms. The maximum absolute atomic E-state index is 13.5. The summed E-state index contributed by atoms with van der Waals surface area (Å²) in [6.45, 7) is 6.24. The van der Waals surface area contributed by atoms with E-state index in [2.05, 4.69) is 37.4 Å². The second-order valence-corrected chi connectivity index (χ2v) is 12.1. The van der Waals surface area contributed by atoms with E-state index in [1.807, 2.05) is 72.5 Å². The second-order valence-electron chi connectivity index (χ2n) is 8.27. The van der Waals surface area contributed by atoms with E-state index in [1.54, 1.807) is 7.11 Å². The van der Waals surface area contributed by atoms with Gasteiger partial charge in [0.05, 0.1) is 13.2 Å². The van der Waals surface area contributed by atoms with Crippen molar-refractivity contribution in [3.63, 3.8) is 0 Å². The lowest BCUT2D eigenvalue weighted by atomic mass is 9.79. The van der Waals surface area contributed by atoms with E-state index in [4.69, 9.17) is 9.16 Å². The molecule has 0 saturated carbocycles. The third-order valence-electron chi connectivity index (χ3n) is 5.83. The fourth-order valence-electron chi connectivity index (χ4n) is 4.29. The topological polar surface area (TPSA) is 38.8 Å². The molecule has 0 aromatic heterocycles. The Labute approximate surface area is 179 Å². The highest BCUT2D eigenvalue weighted by Crippen LogP contribution is 2.49. The van der Waals surface area contributed by atoms with Crippen LogP contribution in [0.5, 0.6) is 5.75 Å². The van der Waals surface area contributed by atoms with Crippen molar-refractivity contribution >= 4 is 25.1 Å². The molecule has 3 aromatic rings. The summed E-state index contributed by atoms with van der Waals surface area (Å²) in [5.74, 6) is 0.748. The summed E-state index contributed by atoms with van der Waals surface area (Å²) in [5.41, 5.74) is 0.982. The summed E-state index contributed by atoms with van der Waals surface area (Å²) in [6.07, 6.45) is 0. The lowest BCUT2D eigenvalue weighted by Gasteiger charge is -2.56. The number of ether oxygens (including phenoxy) is 1. The minimum absolute atomic E-state index is 0.0157. The molecular formula is C25H27NO3Si. The average Bonchev–Trinajstić information content (AvgIpc) is 2.78. The van der Waals surface area contributed by atoms with Crippen molar-refractivity contribution in [3.8, 4) is 5.75 Å². The number of benzene rings is 3. The first-order chi connectivity index (χ1) is 14.4. The summed E-state index contributed by atoms with van der Waals surface area (Å²) in [7, 11) is -0.677.